The zero-order valence-electron chi connectivity index (χ0n) is 15.1. The van der Waals surface area contributed by atoms with E-state index in [4.69, 9.17) is 23.2 Å². The van der Waals surface area contributed by atoms with Crippen LogP contribution in [0.25, 0.3) is 5.69 Å². The Kier molecular flexibility index (Phi) is 4.76. The lowest BCUT2D eigenvalue weighted by atomic mass is 10.0. The fraction of sp³-hybridized carbons (Fsp3) is 0.238. The van der Waals surface area contributed by atoms with E-state index in [-0.39, 0.29) is 33.5 Å². The lowest BCUT2D eigenvalue weighted by Gasteiger charge is -2.16. The number of halogens is 4. The Morgan fingerprint density at radius 1 is 1.11 bits per heavy atom. The highest BCUT2D eigenvalue weighted by molar-refractivity contribution is 6.31. The third-order valence-corrected chi connectivity index (χ3v) is 5.85. The third-order valence-electron chi connectivity index (χ3n) is 5.21. The van der Waals surface area contributed by atoms with Crippen molar-refractivity contribution in [1.82, 2.24) is 9.55 Å². The molecule has 0 spiro atoms. The highest BCUT2D eigenvalue weighted by Gasteiger charge is 2.41. The summed E-state index contributed by atoms with van der Waals surface area (Å²) in [5.74, 6) is -0.787. The fourth-order valence-corrected chi connectivity index (χ4v) is 4.13. The van der Waals surface area contributed by atoms with Crippen LogP contribution in [-0.4, -0.2) is 9.55 Å². The van der Waals surface area contributed by atoms with Crippen LogP contribution in [0.2, 0.25) is 10.2 Å². The molecule has 1 aromatic carbocycles. The minimum atomic E-state index is -0.758. The van der Waals surface area contributed by atoms with E-state index in [2.05, 4.69) is 4.98 Å². The zero-order chi connectivity index (χ0) is 20.2. The van der Waals surface area contributed by atoms with Gasteiger partial charge in [-0.2, -0.15) is 0 Å². The normalized spacial score (nSPS) is 18.4. The van der Waals surface area contributed by atoms with Gasteiger partial charge in [-0.15, -0.1) is 0 Å². The van der Waals surface area contributed by atoms with Crippen LogP contribution in [0, 0.1) is 25.5 Å². The quantitative estimate of drug-likeness (QED) is 0.508. The van der Waals surface area contributed by atoms with Crippen molar-refractivity contribution in [1.29, 1.82) is 0 Å². The topological polar surface area (TPSA) is 34.9 Å². The van der Waals surface area contributed by atoms with Crippen molar-refractivity contribution in [2.75, 3.05) is 0 Å². The summed E-state index contributed by atoms with van der Waals surface area (Å²) in [6.07, 6.45) is 2.24. The Balaban J connectivity index is 1.78. The van der Waals surface area contributed by atoms with E-state index < -0.39 is 11.4 Å². The molecule has 0 amide bonds. The lowest BCUT2D eigenvalue weighted by molar-refractivity contribution is 0.606. The van der Waals surface area contributed by atoms with Gasteiger partial charge in [-0.25, -0.2) is 13.8 Å². The second kappa shape index (κ2) is 6.98. The summed E-state index contributed by atoms with van der Waals surface area (Å²) in [6.45, 7) is 3.38. The molecule has 3 aromatic rings. The molecule has 0 N–H and O–H groups in total. The van der Waals surface area contributed by atoms with E-state index >= 15 is 0 Å². The molecule has 0 saturated heterocycles. The summed E-state index contributed by atoms with van der Waals surface area (Å²) >= 11 is 12.2. The number of aromatic nitrogens is 2. The van der Waals surface area contributed by atoms with Crippen molar-refractivity contribution >= 4 is 23.2 Å². The maximum Gasteiger partial charge on any atom is 0.274 e. The fourth-order valence-electron chi connectivity index (χ4n) is 3.72. The molecule has 0 aliphatic heterocycles. The molecule has 1 aliphatic rings. The van der Waals surface area contributed by atoms with Crippen molar-refractivity contribution in [2.45, 2.75) is 32.1 Å². The van der Waals surface area contributed by atoms with Crippen molar-refractivity contribution in [3.8, 4) is 5.69 Å². The second-order valence-electron chi connectivity index (χ2n) is 7.09. The molecule has 4 rings (SSSR count). The summed E-state index contributed by atoms with van der Waals surface area (Å²) in [7, 11) is 0. The molecule has 144 valence electrons. The zero-order valence-corrected chi connectivity index (χ0v) is 16.7. The summed E-state index contributed by atoms with van der Waals surface area (Å²) in [6, 6.07) is 8.16. The minimum Gasteiger partial charge on any atom is -0.277 e. The molecule has 7 heteroatoms. The van der Waals surface area contributed by atoms with Gasteiger partial charge in [-0.1, -0.05) is 35.3 Å². The number of nitrogens with zero attached hydrogens (tertiary/aromatic N) is 2. The highest BCUT2D eigenvalue weighted by Crippen LogP contribution is 2.55. The van der Waals surface area contributed by atoms with Gasteiger partial charge in [0.25, 0.3) is 5.56 Å². The van der Waals surface area contributed by atoms with Gasteiger partial charge in [0.05, 0.1) is 5.69 Å². The van der Waals surface area contributed by atoms with Crippen LogP contribution in [0.1, 0.15) is 40.6 Å². The summed E-state index contributed by atoms with van der Waals surface area (Å²) in [5, 5.41) is -0.238. The Hall–Kier alpha value is -2.24. The van der Waals surface area contributed by atoms with Gasteiger partial charge < -0.3 is 0 Å². The Labute approximate surface area is 170 Å². The molecule has 0 radical (unpaired) electrons. The predicted octanol–water partition coefficient (Wildman–Crippen LogP) is 5.71. The monoisotopic (exact) mass is 420 g/mol. The van der Waals surface area contributed by atoms with Crippen LogP contribution >= 0.6 is 23.2 Å². The molecule has 2 atom stereocenters. The number of hydrogen-bond donors (Lipinski definition) is 0. The maximum absolute atomic E-state index is 14.6. The van der Waals surface area contributed by atoms with E-state index in [0.29, 0.717) is 11.3 Å². The first-order valence-corrected chi connectivity index (χ1v) is 9.53. The predicted molar refractivity (Wildman–Crippen MR) is 106 cm³/mol. The van der Waals surface area contributed by atoms with Gasteiger partial charge in [-0.3, -0.25) is 9.36 Å². The first-order chi connectivity index (χ1) is 13.3. The van der Waals surface area contributed by atoms with Crippen LogP contribution in [0.5, 0.6) is 0 Å². The van der Waals surface area contributed by atoms with E-state index in [1.54, 1.807) is 26.0 Å². The summed E-state index contributed by atoms with van der Waals surface area (Å²) in [5.41, 5.74) is 2.33. The van der Waals surface area contributed by atoms with Crippen LogP contribution in [0.3, 0.4) is 0 Å². The first-order valence-electron chi connectivity index (χ1n) is 8.78. The smallest absolute Gasteiger partial charge is 0.274 e. The largest absolute Gasteiger partial charge is 0.277 e. The van der Waals surface area contributed by atoms with Crippen molar-refractivity contribution < 1.29 is 8.78 Å². The number of aryl methyl sites for hydroxylation is 2. The van der Waals surface area contributed by atoms with Gasteiger partial charge in [-0.05, 0) is 67.0 Å². The molecule has 1 fully saturated rings. The molecule has 1 unspecified atom stereocenters. The molecule has 3 nitrogen and oxygen atoms in total. The summed E-state index contributed by atoms with van der Waals surface area (Å²) in [4.78, 5) is 16.8. The average Bonchev–Trinajstić information content (AvgIpc) is 3.45. The van der Waals surface area contributed by atoms with E-state index in [9.17, 15) is 13.6 Å². The molecule has 1 aliphatic carbocycles. The number of benzene rings is 1. The molecular formula is C21H16Cl2F2N2O. The first kappa shape index (κ1) is 19.1. The maximum atomic E-state index is 14.6. The van der Waals surface area contributed by atoms with Gasteiger partial charge in [0.15, 0.2) is 11.0 Å². The van der Waals surface area contributed by atoms with Gasteiger partial charge >= 0.3 is 0 Å². The minimum absolute atomic E-state index is 0.0573. The van der Waals surface area contributed by atoms with Gasteiger partial charge in [0.1, 0.15) is 10.8 Å². The number of pyridine rings is 2. The van der Waals surface area contributed by atoms with Crippen LogP contribution < -0.4 is 5.56 Å². The highest BCUT2D eigenvalue weighted by atomic mass is 35.5. The molecular weight excluding hydrogens is 405 g/mol. The lowest BCUT2D eigenvalue weighted by Crippen LogP contribution is -2.24. The Morgan fingerprint density at radius 3 is 2.46 bits per heavy atom. The van der Waals surface area contributed by atoms with E-state index in [1.165, 1.54) is 22.9 Å². The standard InChI is InChI=1S/C21H16Cl2F2N2O/c1-10-9-26-20(23)18(25)19(10)27-11(2)7-16(17(22)21(27)28)15-8-14(15)12-3-5-13(24)6-4-12/h3-7,9,14-15H,8H2,1-2H3/t14?,15-/m1/s1. The van der Waals surface area contributed by atoms with E-state index in [1.807, 2.05) is 6.07 Å². The molecule has 0 bridgehead atoms. The van der Waals surface area contributed by atoms with Gasteiger partial charge in [0.2, 0.25) is 0 Å². The second-order valence-corrected chi connectivity index (χ2v) is 7.83. The van der Waals surface area contributed by atoms with Crippen molar-refractivity contribution in [3.05, 3.63) is 91.1 Å². The Morgan fingerprint density at radius 2 is 1.79 bits per heavy atom. The third kappa shape index (κ3) is 3.12. The van der Waals surface area contributed by atoms with Crippen molar-refractivity contribution in [3.63, 3.8) is 0 Å². The van der Waals surface area contributed by atoms with Crippen molar-refractivity contribution in [2.24, 2.45) is 0 Å². The molecule has 2 aromatic heterocycles. The number of hydrogen-bond acceptors (Lipinski definition) is 2. The average molecular weight is 421 g/mol. The van der Waals surface area contributed by atoms with Crippen LogP contribution in [0.15, 0.2) is 41.3 Å². The van der Waals surface area contributed by atoms with Gasteiger partial charge in [0, 0.05) is 11.9 Å². The summed E-state index contributed by atoms with van der Waals surface area (Å²) < 4.78 is 29.0. The molecule has 2 heterocycles. The van der Waals surface area contributed by atoms with Crippen LogP contribution in [0.4, 0.5) is 8.78 Å². The van der Waals surface area contributed by atoms with Crippen LogP contribution in [-0.2, 0) is 0 Å². The molecule has 28 heavy (non-hydrogen) atoms. The Bertz CT molecular complexity index is 1140. The van der Waals surface area contributed by atoms with E-state index in [0.717, 1.165) is 17.5 Å². The molecule has 1 saturated carbocycles. The SMILES string of the molecule is Cc1cnc(Cl)c(F)c1-n1c(C)cc([C@@H]2CC2c2ccc(F)cc2)c(Cl)c1=O. The number of rotatable bonds is 3.